The number of benzene rings is 1. The van der Waals surface area contributed by atoms with E-state index in [1.807, 2.05) is 6.08 Å². The molecule has 112 valence electrons. The third-order valence-electron chi connectivity index (χ3n) is 4.21. The van der Waals surface area contributed by atoms with Crippen molar-refractivity contribution in [3.8, 4) is 6.07 Å². The predicted octanol–water partition coefficient (Wildman–Crippen LogP) is 4.79. The first-order chi connectivity index (χ1) is 10.3. The van der Waals surface area contributed by atoms with E-state index < -0.39 is 0 Å². The highest BCUT2D eigenvalue weighted by atomic mass is 16.5. The molecule has 0 atom stereocenters. The Balaban J connectivity index is 1.72. The Hall–Kier alpha value is -1.59. The molecule has 0 bridgehead atoms. The van der Waals surface area contributed by atoms with Crippen LogP contribution in [-0.2, 0) is 17.8 Å². The topological polar surface area (TPSA) is 33.0 Å². The Morgan fingerprint density at radius 2 is 1.81 bits per heavy atom. The first kappa shape index (κ1) is 15.8. The van der Waals surface area contributed by atoms with Crippen molar-refractivity contribution in [2.75, 3.05) is 0 Å². The van der Waals surface area contributed by atoms with E-state index in [1.54, 1.807) is 6.08 Å². The van der Waals surface area contributed by atoms with Crippen molar-refractivity contribution in [3.63, 3.8) is 0 Å². The lowest BCUT2D eigenvalue weighted by atomic mass is 9.87. The lowest BCUT2D eigenvalue weighted by Crippen LogP contribution is -2.20. The molecule has 1 saturated carbocycles. The van der Waals surface area contributed by atoms with Crippen LogP contribution in [0.25, 0.3) is 0 Å². The highest BCUT2D eigenvalue weighted by Crippen LogP contribution is 2.27. The first-order valence-corrected chi connectivity index (χ1v) is 8.07. The average molecular weight is 283 g/mol. The van der Waals surface area contributed by atoms with Gasteiger partial charge in [0.25, 0.3) is 0 Å². The van der Waals surface area contributed by atoms with Crippen molar-refractivity contribution < 1.29 is 4.74 Å². The second-order valence-corrected chi connectivity index (χ2v) is 5.90. The predicted molar refractivity (Wildman–Crippen MR) is 85.7 cm³/mol. The molecule has 1 aromatic carbocycles. The van der Waals surface area contributed by atoms with Crippen LogP contribution in [0.4, 0.5) is 0 Å². The molecule has 21 heavy (non-hydrogen) atoms. The van der Waals surface area contributed by atoms with Crippen molar-refractivity contribution in [1.82, 2.24) is 0 Å². The van der Waals surface area contributed by atoms with E-state index in [9.17, 15) is 0 Å². The summed E-state index contributed by atoms with van der Waals surface area (Å²) in [6, 6.07) is 10.9. The van der Waals surface area contributed by atoms with Gasteiger partial charge in [0, 0.05) is 6.08 Å². The molecular weight excluding hydrogens is 258 g/mol. The Labute approximate surface area is 128 Å². The number of rotatable bonds is 6. The zero-order valence-electron chi connectivity index (χ0n) is 12.9. The second kappa shape index (κ2) is 8.64. The molecule has 0 heterocycles. The number of nitrogens with zero attached hydrogens (tertiary/aromatic N) is 1. The normalized spacial score (nSPS) is 22.3. The molecule has 0 aliphatic heterocycles. The quantitative estimate of drug-likeness (QED) is 0.703. The summed E-state index contributed by atoms with van der Waals surface area (Å²) in [5.41, 5.74) is 2.67. The molecule has 2 heteroatoms. The van der Waals surface area contributed by atoms with Gasteiger partial charge >= 0.3 is 0 Å². The standard InChI is InChI=1S/C19H25NO/c1-2-4-16-6-8-18(9-7-16)15-21-19-12-10-17(11-13-19)5-3-14-20/h3,5-9,17,19H,2,4,10-13,15H2,1H3/b5-3+/t17-,19-. The number of ether oxygens (including phenoxy) is 1. The van der Waals surface area contributed by atoms with Crippen LogP contribution < -0.4 is 0 Å². The second-order valence-electron chi connectivity index (χ2n) is 5.90. The number of allylic oxidation sites excluding steroid dienone is 2. The summed E-state index contributed by atoms with van der Waals surface area (Å²) in [6.07, 6.45) is 10.9. The van der Waals surface area contributed by atoms with Crippen LogP contribution in [0.2, 0.25) is 0 Å². The maximum atomic E-state index is 8.55. The molecule has 0 aromatic heterocycles. The summed E-state index contributed by atoms with van der Waals surface area (Å²) in [5, 5.41) is 8.55. The van der Waals surface area contributed by atoms with Crippen LogP contribution in [0.15, 0.2) is 36.4 Å². The van der Waals surface area contributed by atoms with Gasteiger partial charge in [-0.25, -0.2) is 0 Å². The first-order valence-electron chi connectivity index (χ1n) is 8.07. The summed E-state index contributed by atoms with van der Waals surface area (Å²) >= 11 is 0. The maximum Gasteiger partial charge on any atom is 0.0908 e. The lowest BCUT2D eigenvalue weighted by molar-refractivity contribution is 0.0110. The molecule has 2 nitrogen and oxygen atoms in total. The lowest BCUT2D eigenvalue weighted by Gasteiger charge is -2.26. The smallest absolute Gasteiger partial charge is 0.0908 e. The van der Waals surface area contributed by atoms with E-state index >= 15 is 0 Å². The molecule has 0 unspecified atom stereocenters. The summed E-state index contributed by atoms with van der Waals surface area (Å²) in [7, 11) is 0. The molecule has 0 radical (unpaired) electrons. The molecule has 0 spiro atoms. The van der Waals surface area contributed by atoms with Gasteiger partial charge < -0.3 is 4.74 Å². The molecule has 1 aliphatic rings. The largest absolute Gasteiger partial charge is 0.374 e. The van der Waals surface area contributed by atoms with Gasteiger partial charge in [-0.3, -0.25) is 0 Å². The Kier molecular flexibility index (Phi) is 6.50. The van der Waals surface area contributed by atoms with Crippen molar-refractivity contribution in [3.05, 3.63) is 47.5 Å². The molecule has 1 aliphatic carbocycles. The fourth-order valence-corrected chi connectivity index (χ4v) is 2.93. The molecule has 1 fully saturated rings. The number of nitriles is 1. The van der Waals surface area contributed by atoms with Crippen LogP contribution >= 0.6 is 0 Å². The van der Waals surface area contributed by atoms with Gasteiger partial charge in [0.1, 0.15) is 0 Å². The van der Waals surface area contributed by atoms with Crippen LogP contribution in [0.1, 0.15) is 50.2 Å². The van der Waals surface area contributed by atoms with Crippen molar-refractivity contribution in [2.24, 2.45) is 5.92 Å². The maximum absolute atomic E-state index is 8.55. The third-order valence-corrected chi connectivity index (χ3v) is 4.21. The van der Waals surface area contributed by atoms with Gasteiger partial charge in [-0.2, -0.15) is 5.26 Å². The molecule has 2 rings (SSSR count). The monoisotopic (exact) mass is 283 g/mol. The van der Waals surface area contributed by atoms with Crippen molar-refractivity contribution in [2.45, 2.75) is 58.2 Å². The van der Waals surface area contributed by atoms with E-state index in [4.69, 9.17) is 10.00 Å². The zero-order valence-corrected chi connectivity index (χ0v) is 12.9. The van der Waals surface area contributed by atoms with Crippen LogP contribution in [0.3, 0.4) is 0 Å². The van der Waals surface area contributed by atoms with Gasteiger partial charge in [-0.1, -0.05) is 43.7 Å². The van der Waals surface area contributed by atoms with E-state index in [0.717, 1.165) is 38.7 Å². The van der Waals surface area contributed by atoms with E-state index in [2.05, 4.69) is 37.3 Å². The molecule has 1 aromatic rings. The average Bonchev–Trinajstić information content (AvgIpc) is 2.53. The minimum Gasteiger partial charge on any atom is -0.374 e. The number of hydrogen-bond acceptors (Lipinski definition) is 2. The summed E-state index contributed by atoms with van der Waals surface area (Å²) in [4.78, 5) is 0. The fourth-order valence-electron chi connectivity index (χ4n) is 2.93. The van der Waals surface area contributed by atoms with Gasteiger partial charge in [0.2, 0.25) is 0 Å². The third kappa shape index (κ3) is 5.36. The summed E-state index contributed by atoms with van der Waals surface area (Å²) < 4.78 is 6.03. The van der Waals surface area contributed by atoms with Crippen molar-refractivity contribution >= 4 is 0 Å². The van der Waals surface area contributed by atoms with E-state index in [-0.39, 0.29) is 0 Å². The van der Waals surface area contributed by atoms with Gasteiger partial charge in [0.05, 0.1) is 18.8 Å². The number of aryl methyl sites for hydroxylation is 1. The minimum absolute atomic E-state index is 0.382. The fraction of sp³-hybridized carbons (Fsp3) is 0.526. The summed E-state index contributed by atoms with van der Waals surface area (Å²) in [6.45, 7) is 2.93. The van der Waals surface area contributed by atoms with Crippen LogP contribution in [-0.4, -0.2) is 6.10 Å². The van der Waals surface area contributed by atoms with Crippen LogP contribution in [0.5, 0.6) is 0 Å². The van der Waals surface area contributed by atoms with E-state index in [1.165, 1.54) is 17.5 Å². The Morgan fingerprint density at radius 3 is 2.43 bits per heavy atom. The number of hydrogen-bond donors (Lipinski definition) is 0. The van der Waals surface area contributed by atoms with Gasteiger partial charge in [-0.15, -0.1) is 0 Å². The Bertz CT molecular complexity index is 475. The molecule has 0 saturated heterocycles. The van der Waals surface area contributed by atoms with Crippen molar-refractivity contribution in [1.29, 1.82) is 5.26 Å². The molecular formula is C19H25NO. The highest BCUT2D eigenvalue weighted by Gasteiger charge is 2.19. The minimum atomic E-state index is 0.382. The molecule has 0 amide bonds. The SMILES string of the molecule is CCCc1ccc(CO[C@H]2CC[C@H](/C=C/C#N)CC2)cc1. The van der Waals surface area contributed by atoms with Crippen LogP contribution in [0, 0.1) is 17.2 Å². The zero-order chi connectivity index (χ0) is 14.9. The molecule has 0 N–H and O–H groups in total. The summed E-state index contributed by atoms with van der Waals surface area (Å²) in [5.74, 6) is 0.567. The highest BCUT2D eigenvalue weighted by molar-refractivity contribution is 5.22. The van der Waals surface area contributed by atoms with Gasteiger partial charge in [0.15, 0.2) is 0 Å². The van der Waals surface area contributed by atoms with Gasteiger partial charge in [-0.05, 0) is 49.1 Å². The Morgan fingerprint density at radius 1 is 1.14 bits per heavy atom. The van der Waals surface area contributed by atoms with E-state index in [0.29, 0.717) is 12.0 Å².